The van der Waals surface area contributed by atoms with Crippen molar-refractivity contribution in [2.45, 2.75) is 23.5 Å². The Morgan fingerprint density at radius 2 is 1.28 bits per heavy atom. The van der Waals surface area contributed by atoms with E-state index in [9.17, 15) is 9.59 Å². The number of carbonyl (C=O) groups excluding carboxylic acids is 2. The molecule has 0 aliphatic carbocycles. The molecule has 0 aromatic heterocycles. The Balaban J connectivity index is 3.27. The van der Waals surface area contributed by atoms with Crippen LogP contribution in [-0.2, 0) is 19.1 Å². The fourth-order valence-corrected chi connectivity index (χ4v) is 2.62. The van der Waals surface area contributed by atoms with Crippen molar-refractivity contribution in [2.24, 2.45) is 0 Å². The molecular weight excluding hydrogens is 408 g/mol. The first-order chi connectivity index (χ1) is 8.45. The Labute approximate surface area is 132 Å². The van der Waals surface area contributed by atoms with Crippen LogP contribution in [0.2, 0.25) is 0 Å². The lowest BCUT2D eigenvalue weighted by molar-refractivity contribution is -0.142. The molecule has 0 spiro atoms. The van der Waals surface area contributed by atoms with E-state index in [4.69, 9.17) is 9.47 Å². The number of esters is 2. The van der Waals surface area contributed by atoms with Gasteiger partial charge in [-0.2, -0.15) is 0 Å². The van der Waals surface area contributed by atoms with E-state index in [2.05, 4.69) is 31.9 Å². The molecule has 0 saturated carbocycles. The summed E-state index contributed by atoms with van der Waals surface area (Å²) in [5.41, 5.74) is 0. The molecule has 0 heterocycles. The van der Waals surface area contributed by atoms with Crippen LogP contribution in [0.25, 0.3) is 0 Å². The number of hydrogen-bond donors (Lipinski definition) is 0. The van der Waals surface area contributed by atoms with Gasteiger partial charge in [0, 0.05) is 11.5 Å². The van der Waals surface area contributed by atoms with Crippen molar-refractivity contribution in [3.63, 3.8) is 0 Å². The van der Waals surface area contributed by atoms with E-state index in [0.29, 0.717) is 13.2 Å². The minimum Gasteiger partial charge on any atom is -0.464 e. The molecule has 0 aromatic carbocycles. The van der Waals surface area contributed by atoms with Crippen LogP contribution in [0.5, 0.6) is 0 Å². The summed E-state index contributed by atoms with van der Waals surface area (Å²) in [5.74, 6) is 0.944. The highest BCUT2D eigenvalue weighted by Gasteiger charge is 2.10. The first-order valence-corrected chi connectivity index (χ1v) is 9.63. The summed E-state index contributed by atoms with van der Waals surface area (Å²) < 4.78 is 9.94. The van der Waals surface area contributed by atoms with Crippen molar-refractivity contribution in [3.05, 3.63) is 0 Å². The summed E-state index contributed by atoms with van der Waals surface area (Å²) in [6.45, 7) is 4.24. The van der Waals surface area contributed by atoms with Crippen molar-refractivity contribution < 1.29 is 19.1 Å². The molecule has 4 nitrogen and oxygen atoms in total. The van der Waals surface area contributed by atoms with Crippen LogP contribution in [0.15, 0.2) is 0 Å². The molecular formula is C10H16Br2O4S2. The van der Waals surface area contributed by atoms with Gasteiger partial charge in [-0.1, -0.05) is 53.4 Å². The van der Waals surface area contributed by atoms with E-state index in [1.165, 1.54) is 0 Å². The molecule has 0 amide bonds. The van der Waals surface area contributed by atoms with Crippen molar-refractivity contribution in [2.75, 3.05) is 24.7 Å². The highest BCUT2D eigenvalue weighted by Crippen LogP contribution is 2.20. The van der Waals surface area contributed by atoms with Gasteiger partial charge in [0.2, 0.25) is 0 Å². The van der Waals surface area contributed by atoms with Crippen molar-refractivity contribution in [1.82, 2.24) is 0 Å². The fourth-order valence-electron chi connectivity index (χ4n) is 0.700. The van der Waals surface area contributed by atoms with E-state index in [1.54, 1.807) is 35.4 Å². The van der Waals surface area contributed by atoms with Crippen LogP contribution in [-0.4, -0.2) is 46.3 Å². The third-order valence-corrected chi connectivity index (χ3v) is 4.64. The number of carbonyl (C=O) groups is 2. The number of rotatable bonds is 9. The normalized spacial score (nSPS) is 13.8. The second kappa shape index (κ2) is 11.4. The molecule has 0 radical (unpaired) electrons. The van der Waals surface area contributed by atoms with Crippen LogP contribution in [0.1, 0.15) is 13.8 Å². The second-order valence-corrected chi connectivity index (χ2v) is 8.66. The quantitative estimate of drug-likeness (QED) is 0.246. The second-order valence-electron chi connectivity index (χ2n) is 3.21. The van der Waals surface area contributed by atoms with Crippen molar-refractivity contribution in [1.29, 1.82) is 0 Å². The first kappa shape index (κ1) is 18.6. The van der Waals surface area contributed by atoms with Gasteiger partial charge in [0.05, 0.1) is 0 Å². The molecule has 2 unspecified atom stereocenters. The molecule has 0 N–H and O–H groups in total. The highest BCUT2D eigenvalue weighted by atomic mass is 79.9. The van der Waals surface area contributed by atoms with Gasteiger partial charge in [0.1, 0.15) is 22.9 Å². The minimum absolute atomic E-state index is 0.249. The molecule has 8 heteroatoms. The maximum Gasteiger partial charge on any atom is 0.319 e. The zero-order valence-corrected chi connectivity index (χ0v) is 15.0. The molecule has 18 heavy (non-hydrogen) atoms. The molecule has 2 atom stereocenters. The van der Waals surface area contributed by atoms with Crippen molar-refractivity contribution in [3.8, 4) is 0 Å². The lowest BCUT2D eigenvalue weighted by atomic mass is 10.5. The summed E-state index contributed by atoms with van der Waals surface area (Å²) in [6, 6.07) is 0. The van der Waals surface area contributed by atoms with E-state index >= 15 is 0 Å². The average Bonchev–Trinajstić information content (AvgIpc) is 2.31. The molecule has 0 rings (SSSR count). The lowest BCUT2D eigenvalue weighted by Crippen LogP contribution is -2.15. The molecule has 0 fully saturated rings. The number of hydrogen-bond acceptors (Lipinski definition) is 6. The Kier molecular flexibility index (Phi) is 11.8. The standard InChI is InChI=1S/C10H16Br2O4S2/c1-7(11)9(13)15-3-5-17-18-6-4-16-10(14)8(2)12/h7-8H,3-6H2,1-2H3. The van der Waals surface area contributed by atoms with Crippen LogP contribution in [0, 0.1) is 0 Å². The van der Waals surface area contributed by atoms with Gasteiger partial charge in [0.15, 0.2) is 0 Å². The number of halogens is 2. The first-order valence-electron chi connectivity index (χ1n) is 5.31. The monoisotopic (exact) mass is 422 g/mol. The Hall–Kier alpha value is 0.600. The lowest BCUT2D eigenvalue weighted by Gasteiger charge is -2.06. The zero-order valence-electron chi connectivity index (χ0n) is 10.2. The SMILES string of the molecule is CC(Br)C(=O)OCCSSCCOC(=O)C(C)Br. The van der Waals surface area contributed by atoms with Crippen LogP contribution >= 0.6 is 53.4 Å². The maximum atomic E-state index is 11.1. The number of ether oxygens (including phenoxy) is 2. The fraction of sp³-hybridized carbons (Fsp3) is 0.800. The Morgan fingerprint density at radius 1 is 0.944 bits per heavy atom. The summed E-state index contributed by atoms with van der Waals surface area (Å²) in [5, 5.41) is 0. The summed E-state index contributed by atoms with van der Waals surface area (Å²) in [7, 11) is 3.18. The van der Waals surface area contributed by atoms with Gasteiger partial charge in [-0.15, -0.1) is 0 Å². The van der Waals surface area contributed by atoms with Crippen molar-refractivity contribution >= 4 is 65.4 Å². The summed E-state index contributed by atoms with van der Waals surface area (Å²) >= 11 is 6.26. The van der Waals surface area contributed by atoms with Gasteiger partial charge in [0.25, 0.3) is 0 Å². The topological polar surface area (TPSA) is 52.6 Å². The molecule has 0 saturated heterocycles. The molecule has 0 aromatic rings. The van der Waals surface area contributed by atoms with E-state index in [0.717, 1.165) is 11.5 Å². The Bertz CT molecular complexity index is 236. The van der Waals surface area contributed by atoms with E-state index < -0.39 is 0 Å². The van der Waals surface area contributed by atoms with Gasteiger partial charge in [-0.25, -0.2) is 0 Å². The van der Waals surface area contributed by atoms with E-state index in [1.807, 2.05) is 0 Å². The predicted molar refractivity (Wildman–Crippen MR) is 83.6 cm³/mol. The Morgan fingerprint density at radius 3 is 1.56 bits per heavy atom. The third kappa shape index (κ3) is 10.5. The summed E-state index contributed by atoms with van der Waals surface area (Å²) in [6.07, 6.45) is 0. The molecule has 0 bridgehead atoms. The maximum absolute atomic E-state index is 11.1. The zero-order chi connectivity index (χ0) is 14.0. The highest BCUT2D eigenvalue weighted by molar-refractivity contribution is 9.10. The van der Waals surface area contributed by atoms with Crippen LogP contribution < -0.4 is 0 Å². The molecule has 0 aliphatic rings. The average molecular weight is 424 g/mol. The minimum atomic E-state index is -0.263. The van der Waals surface area contributed by atoms with Gasteiger partial charge in [-0.3, -0.25) is 9.59 Å². The van der Waals surface area contributed by atoms with E-state index in [-0.39, 0.29) is 21.6 Å². The van der Waals surface area contributed by atoms with Gasteiger partial charge >= 0.3 is 11.9 Å². The molecule has 0 aliphatic heterocycles. The van der Waals surface area contributed by atoms with Gasteiger partial charge < -0.3 is 9.47 Å². The number of alkyl halides is 2. The van der Waals surface area contributed by atoms with Gasteiger partial charge in [-0.05, 0) is 13.8 Å². The van der Waals surface area contributed by atoms with Crippen LogP contribution in [0.4, 0.5) is 0 Å². The summed E-state index contributed by atoms with van der Waals surface area (Å²) in [4.78, 5) is 21.6. The predicted octanol–water partition coefficient (Wildman–Crippen LogP) is 3.02. The smallest absolute Gasteiger partial charge is 0.319 e. The third-order valence-electron chi connectivity index (χ3n) is 1.55. The van der Waals surface area contributed by atoms with Crippen LogP contribution in [0.3, 0.4) is 0 Å². The molecule has 106 valence electrons. The largest absolute Gasteiger partial charge is 0.464 e.